The third kappa shape index (κ3) is 1.47. The number of hydrogen-bond donors (Lipinski definition) is 1. The Bertz CT molecular complexity index is 528. The van der Waals surface area contributed by atoms with Crippen LogP contribution in [-0.4, -0.2) is 9.55 Å². The number of nitrogen functional groups attached to an aromatic ring is 1. The zero-order valence-corrected chi connectivity index (χ0v) is 9.74. The Morgan fingerprint density at radius 1 is 1.44 bits per heavy atom. The molecule has 1 aliphatic carbocycles. The summed E-state index contributed by atoms with van der Waals surface area (Å²) in [4.78, 5) is 4.33. The van der Waals surface area contributed by atoms with Crippen molar-refractivity contribution in [1.29, 1.82) is 0 Å². The molecule has 1 aliphatic rings. The number of aromatic nitrogens is 2. The number of halogens is 1. The summed E-state index contributed by atoms with van der Waals surface area (Å²) in [6, 6.07) is 5.83. The molecule has 0 spiro atoms. The first-order chi connectivity index (χ1) is 7.75. The van der Waals surface area contributed by atoms with Gasteiger partial charge in [0, 0.05) is 6.54 Å². The van der Waals surface area contributed by atoms with Crippen molar-refractivity contribution in [2.45, 2.75) is 25.8 Å². The first kappa shape index (κ1) is 9.97. The van der Waals surface area contributed by atoms with Gasteiger partial charge in [0.25, 0.3) is 0 Å². The third-order valence-electron chi connectivity index (χ3n) is 3.42. The number of anilines is 1. The maximum atomic E-state index is 6.10. The minimum atomic E-state index is 0.579. The second-order valence-corrected chi connectivity index (χ2v) is 4.89. The topological polar surface area (TPSA) is 43.8 Å². The molecule has 3 rings (SSSR count). The van der Waals surface area contributed by atoms with Gasteiger partial charge in [0.05, 0.1) is 10.5 Å². The number of fused-ring (bicyclic) bond motifs is 1. The standard InChI is InChI=1S/C12H14ClN3/c13-9-5-2-6-10-11(9)15-12(14)16(10)7-8-3-1-4-8/h2,5-6,8H,1,3-4,7H2,(H2,14,15). The molecule has 0 amide bonds. The Morgan fingerprint density at radius 2 is 2.25 bits per heavy atom. The second-order valence-electron chi connectivity index (χ2n) is 4.49. The summed E-state index contributed by atoms with van der Waals surface area (Å²) in [6.45, 7) is 0.975. The lowest BCUT2D eigenvalue weighted by Gasteiger charge is -2.26. The molecule has 2 N–H and O–H groups in total. The molecule has 1 heterocycles. The van der Waals surface area contributed by atoms with Gasteiger partial charge in [0.1, 0.15) is 5.52 Å². The lowest BCUT2D eigenvalue weighted by molar-refractivity contribution is 0.281. The predicted octanol–water partition coefficient (Wildman–Crippen LogP) is 3.07. The molecule has 0 aliphatic heterocycles. The van der Waals surface area contributed by atoms with E-state index in [9.17, 15) is 0 Å². The van der Waals surface area contributed by atoms with Crippen LogP contribution in [0.25, 0.3) is 11.0 Å². The highest BCUT2D eigenvalue weighted by atomic mass is 35.5. The van der Waals surface area contributed by atoms with Crippen molar-refractivity contribution >= 4 is 28.6 Å². The SMILES string of the molecule is Nc1nc2c(Cl)cccc2n1CC1CCC1. The summed E-state index contributed by atoms with van der Waals surface area (Å²) in [5.41, 5.74) is 7.82. The van der Waals surface area contributed by atoms with Crippen LogP contribution in [0, 0.1) is 5.92 Å². The van der Waals surface area contributed by atoms with E-state index < -0.39 is 0 Å². The van der Waals surface area contributed by atoms with Crippen molar-refractivity contribution in [3.63, 3.8) is 0 Å². The number of imidazole rings is 1. The van der Waals surface area contributed by atoms with Crippen molar-refractivity contribution in [3.05, 3.63) is 23.2 Å². The summed E-state index contributed by atoms with van der Waals surface area (Å²) < 4.78 is 2.09. The first-order valence-corrected chi connectivity index (χ1v) is 6.04. The van der Waals surface area contributed by atoms with Crippen molar-refractivity contribution < 1.29 is 0 Å². The Morgan fingerprint density at radius 3 is 2.94 bits per heavy atom. The average molecular weight is 236 g/mol. The maximum absolute atomic E-state index is 6.10. The van der Waals surface area contributed by atoms with Gasteiger partial charge in [0.2, 0.25) is 5.95 Å². The lowest BCUT2D eigenvalue weighted by atomic mass is 9.85. The smallest absolute Gasteiger partial charge is 0.201 e. The second kappa shape index (κ2) is 3.67. The zero-order chi connectivity index (χ0) is 11.1. The van der Waals surface area contributed by atoms with Gasteiger partial charge < -0.3 is 10.3 Å². The monoisotopic (exact) mass is 235 g/mol. The Kier molecular flexibility index (Phi) is 2.28. The summed E-state index contributed by atoms with van der Waals surface area (Å²) >= 11 is 6.10. The molecule has 1 aromatic carbocycles. The minimum absolute atomic E-state index is 0.579. The van der Waals surface area contributed by atoms with Crippen molar-refractivity contribution in [1.82, 2.24) is 9.55 Å². The molecule has 3 nitrogen and oxygen atoms in total. The van der Waals surface area contributed by atoms with Gasteiger partial charge in [-0.15, -0.1) is 0 Å². The van der Waals surface area contributed by atoms with Gasteiger partial charge in [-0.05, 0) is 30.9 Å². The third-order valence-corrected chi connectivity index (χ3v) is 3.73. The predicted molar refractivity (Wildman–Crippen MR) is 66.5 cm³/mol. The van der Waals surface area contributed by atoms with Crippen LogP contribution in [0.4, 0.5) is 5.95 Å². The van der Waals surface area contributed by atoms with Crippen LogP contribution >= 0.6 is 11.6 Å². The summed E-state index contributed by atoms with van der Waals surface area (Å²) in [6.07, 6.45) is 3.96. The van der Waals surface area contributed by atoms with E-state index >= 15 is 0 Å². The van der Waals surface area contributed by atoms with E-state index in [4.69, 9.17) is 17.3 Å². The quantitative estimate of drug-likeness (QED) is 0.870. The number of nitrogens with two attached hydrogens (primary N) is 1. The van der Waals surface area contributed by atoms with Crippen LogP contribution in [0.1, 0.15) is 19.3 Å². The summed E-state index contributed by atoms with van der Waals surface area (Å²) in [5, 5.41) is 0.677. The molecular formula is C12H14ClN3. The highest BCUT2D eigenvalue weighted by Crippen LogP contribution is 2.31. The van der Waals surface area contributed by atoms with E-state index in [0.29, 0.717) is 11.0 Å². The molecular weight excluding hydrogens is 222 g/mol. The molecule has 0 atom stereocenters. The van der Waals surface area contributed by atoms with Crippen LogP contribution in [-0.2, 0) is 6.54 Å². The van der Waals surface area contributed by atoms with Crippen molar-refractivity contribution in [2.75, 3.05) is 5.73 Å². The highest BCUT2D eigenvalue weighted by molar-refractivity contribution is 6.35. The van der Waals surface area contributed by atoms with Gasteiger partial charge in [-0.3, -0.25) is 0 Å². The largest absolute Gasteiger partial charge is 0.369 e. The fraction of sp³-hybridized carbons (Fsp3) is 0.417. The van der Waals surface area contributed by atoms with E-state index in [1.54, 1.807) is 0 Å². The molecule has 0 radical (unpaired) electrons. The number of para-hydroxylation sites is 1. The minimum Gasteiger partial charge on any atom is -0.369 e. The first-order valence-electron chi connectivity index (χ1n) is 5.66. The molecule has 4 heteroatoms. The molecule has 84 valence electrons. The van der Waals surface area contributed by atoms with E-state index in [1.807, 2.05) is 18.2 Å². The maximum Gasteiger partial charge on any atom is 0.201 e. The molecule has 1 fully saturated rings. The molecule has 16 heavy (non-hydrogen) atoms. The van der Waals surface area contributed by atoms with Gasteiger partial charge in [-0.1, -0.05) is 24.1 Å². The molecule has 0 unspecified atom stereocenters. The van der Waals surface area contributed by atoms with Crippen LogP contribution in [0.15, 0.2) is 18.2 Å². The van der Waals surface area contributed by atoms with Crippen LogP contribution in [0.5, 0.6) is 0 Å². The summed E-state index contributed by atoms with van der Waals surface area (Å²) in [7, 11) is 0. The van der Waals surface area contributed by atoms with Crippen LogP contribution in [0.2, 0.25) is 5.02 Å². The van der Waals surface area contributed by atoms with Gasteiger partial charge in [-0.2, -0.15) is 0 Å². The molecule has 0 saturated heterocycles. The number of rotatable bonds is 2. The summed E-state index contributed by atoms with van der Waals surface area (Å²) in [5.74, 6) is 1.34. The normalized spacial score (nSPS) is 16.6. The van der Waals surface area contributed by atoms with E-state index in [1.165, 1.54) is 19.3 Å². The lowest BCUT2D eigenvalue weighted by Crippen LogP contribution is -2.19. The van der Waals surface area contributed by atoms with E-state index in [2.05, 4.69) is 9.55 Å². The Balaban J connectivity index is 2.08. The van der Waals surface area contributed by atoms with Crippen LogP contribution in [0.3, 0.4) is 0 Å². The average Bonchev–Trinajstić information content (AvgIpc) is 2.51. The number of nitrogens with zero attached hydrogens (tertiary/aromatic N) is 2. The Labute approximate surface area is 99.2 Å². The zero-order valence-electron chi connectivity index (χ0n) is 8.99. The van der Waals surface area contributed by atoms with E-state index in [0.717, 1.165) is 23.5 Å². The highest BCUT2D eigenvalue weighted by Gasteiger charge is 2.20. The number of benzene rings is 1. The van der Waals surface area contributed by atoms with Gasteiger partial charge in [0.15, 0.2) is 0 Å². The van der Waals surface area contributed by atoms with E-state index in [-0.39, 0.29) is 0 Å². The fourth-order valence-corrected chi connectivity index (χ4v) is 2.47. The molecule has 1 saturated carbocycles. The molecule has 1 aromatic heterocycles. The Hall–Kier alpha value is -1.22. The molecule has 2 aromatic rings. The van der Waals surface area contributed by atoms with Crippen molar-refractivity contribution in [2.24, 2.45) is 5.92 Å². The fourth-order valence-electron chi connectivity index (χ4n) is 2.26. The van der Waals surface area contributed by atoms with Gasteiger partial charge in [-0.25, -0.2) is 4.98 Å². The van der Waals surface area contributed by atoms with Crippen LogP contribution < -0.4 is 5.73 Å². The number of hydrogen-bond acceptors (Lipinski definition) is 2. The van der Waals surface area contributed by atoms with Gasteiger partial charge >= 0.3 is 0 Å². The molecule has 0 bridgehead atoms. The van der Waals surface area contributed by atoms with Crippen molar-refractivity contribution in [3.8, 4) is 0 Å².